The van der Waals surface area contributed by atoms with E-state index in [2.05, 4.69) is 28.1 Å². The van der Waals surface area contributed by atoms with Crippen molar-refractivity contribution in [2.75, 3.05) is 0 Å². The first-order chi connectivity index (χ1) is 7.74. The molecule has 0 bridgehead atoms. The molecule has 0 N–H and O–H groups in total. The molecule has 0 fully saturated rings. The molecule has 1 aromatic rings. The van der Waals surface area contributed by atoms with Crippen molar-refractivity contribution in [2.45, 2.75) is 25.4 Å². The van der Waals surface area contributed by atoms with Crippen LogP contribution in [-0.2, 0) is 16.0 Å². The summed E-state index contributed by atoms with van der Waals surface area (Å²) < 4.78 is 6.28. The SMILES string of the molecule is O=C1CC=C[C@@H](CCc2ccc(Br)cc2)O1. The smallest absolute Gasteiger partial charge is 0.310 e. The molecule has 0 amide bonds. The van der Waals surface area contributed by atoms with E-state index in [0.29, 0.717) is 6.42 Å². The van der Waals surface area contributed by atoms with Crippen LogP contribution in [0.4, 0.5) is 0 Å². The monoisotopic (exact) mass is 280 g/mol. The van der Waals surface area contributed by atoms with Crippen LogP contribution in [0.5, 0.6) is 0 Å². The Morgan fingerprint density at radius 2 is 2.06 bits per heavy atom. The van der Waals surface area contributed by atoms with Gasteiger partial charge in [0.05, 0.1) is 6.42 Å². The number of ether oxygens (including phenoxy) is 1. The predicted octanol–water partition coefficient (Wildman–Crippen LogP) is 3.25. The quantitative estimate of drug-likeness (QED) is 0.628. The van der Waals surface area contributed by atoms with Crippen molar-refractivity contribution in [2.24, 2.45) is 0 Å². The largest absolute Gasteiger partial charge is 0.458 e. The molecular weight excluding hydrogens is 268 g/mol. The molecule has 1 aliphatic heterocycles. The average Bonchev–Trinajstić information content (AvgIpc) is 2.28. The Kier molecular flexibility index (Phi) is 3.78. The van der Waals surface area contributed by atoms with Gasteiger partial charge in [-0.05, 0) is 36.6 Å². The van der Waals surface area contributed by atoms with Crippen molar-refractivity contribution in [3.8, 4) is 0 Å². The van der Waals surface area contributed by atoms with Gasteiger partial charge in [-0.1, -0.05) is 34.1 Å². The highest BCUT2D eigenvalue weighted by atomic mass is 79.9. The van der Waals surface area contributed by atoms with E-state index in [9.17, 15) is 4.79 Å². The summed E-state index contributed by atoms with van der Waals surface area (Å²) >= 11 is 3.40. The number of hydrogen-bond acceptors (Lipinski definition) is 2. The third-order valence-electron chi connectivity index (χ3n) is 2.55. The molecule has 0 saturated heterocycles. The first-order valence-electron chi connectivity index (χ1n) is 5.34. The van der Waals surface area contributed by atoms with Gasteiger partial charge in [0.2, 0.25) is 0 Å². The van der Waals surface area contributed by atoms with Crippen LogP contribution in [0.1, 0.15) is 18.4 Å². The Bertz CT molecular complexity index is 395. The summed E-state index contributed by atoms with van der Waals surface area (Å²) in [4.78, 5) is 11.0. The lowest BCUT2D eigenvalue weighted by molar-refractivity contribution is -0.147. The summed E-state index contributed by atoms with van der Waals surface area (Å²) in [6.07, 6.45) is 6.00. The fraction of sp³-hybridized carbons (Fsp3) is 0.308. The second-order valence-electron chi connectivity index (χ2n) is 3.83. The molecule has 1 aromatic carbocycles. The highest BCUT2D eigenvalue weighted by molar-refractivity contribution is 9.10. The van der Waals surface area contributed by atoms with Crippen LogP contribution < -0.4 is 0 Å². The van der Waals surface area contributed by atoms with Crippen LogP contribution in [0.15, 0.2) is 40.9 Å². The van der Waals surface area contributed by atoms with Crippen molar-refractivity contribution in [1.82, 2.24) is 0 Å². The van der Waals surface area contributed by atoms with Crippen LogP contribution in [0.2, 0.25) is 0 Å². The minimum absolute atomic E-state index is 0.0510. The van der Waals surface area contributed by atoms with Gasteiger partial charge in [-0.3, -0.25) is 4.79 Å². The van der Waals surface area contributed by atoms with Gasteiger partial charge in [0.1, 0.15) is 6.10 Å². The minimum Gasteiger partial charge on any atom is -0.458 e. The van der Waals surface area contributed by atoms with Crippen molar-refractivity contribution in [3.05, 3.63) is 46.5 Å². The van der Waals surface area contributed by atoms with Crippen molar-refractivity contribution in [3.63, 3.8) is 0 Å². The summed E-state index contributed by atoms with van der Waals surface area (Å²) in [5, 5.41) is 0. The minimum atomic E-state index is -0.122. The van der Waals surface area contributed by atoms with Crippen LogP contribution in [0.3, 0.4) is 0 Å². The molecule has 0 aromatic heterocycles. The lowest BCUT2D eigenvalue weighted by atomic mass is 10.1. The van der Waals surface area contributed by atoms with Crippen LogP contribution >= 0.6 is 15.9 Å². The van der Waals surface area contributed by atoms with Crippen LogP contribution in [0, 0.1) is 0 Å². The van der Waals surface area contributed by atoms with E-state index < -0.39 is 0 Å². The summed E-state index contributed by atoms with van der Waals surface area (Å²) in [6.45, 7) is 0. The topological polar surface area (TPSA) is 26.3 Å². The number of rotatable bonds is 3. The molecule has 0 spiro atoms. The van der Waals surface area contributed by atoms with Gasteiger partial charge in [0.15, 0.2) is 0 Å². The Morgan fingerprint density at radius 3 is 2.75 bits per heavy atom. The molecule has 16 heavy (non-hydrogen) atoms. The van der Waals surface area contributed by atoms with E-state index in [-0.39, 0.29) is 12.1 Å². The molecule has 84 valence electrons. The standard InChI is InChI=1S/C13H13BrO2/c14-11-7-4-10(5-8-11)6-9-12-2-1-3-13(15)16-12/h1-2,4-5,7-8,12H,3,6,9H2/t12-/m0/s1. The van der Waals surface area contributed by atoms with Crippen molar-refractivity contribution >= 4 is 21.9 Å². The first kappa shape index (κ1) is 11.4. The van der Waals surface area contributed by atoms with Crippen molar-refractivity contribution < 1.29 is 9.53 Å². The van der Waals surface area contributed by atoms with Gasteiger partial charge in [-0.15, -0.1) is 0 Å². The van der Waals surface area contributed by atoms with E-state index in [4.69, 9.17) is 4.74 Å². The van der Waals surface area contributed by atoms with Gasteiger partial charge < -0.3 is 4.74 Å². The number of hydrogen-bond donors (Lipinski definition) is 0. The zero-order chi connectivity index (χ0) is 11.4. The summed E-state index contributed by atoms with van der Waals surface area (Å²) in [5.41, 5.74) is 1.26. The molecular formula is C13H13BrO2. The van der Waals surface area contributed by atoms with Crippen LogP contribution in [-0.4, -0.2) is 12.1 Å². The Labute approximate surface area is 103 Å². The molecule has 1 aliphatic rings. The average molecular weight is 281 g/mol. The second kappa shape index (κ2) is 5.30. The Hall–Kier alpha value is -1.09. The Balaban J connectivity index is 1.87. The molecule has 0 saturated carbocycles. The predicted molar refractivity (Wildman–Crippen MR) is 66.1 cm³/mol. The maximum Gasteiger partial charge on any atom is 0.310 e. The zero-order valence-corrected chi connectivity index (χ0v) is 10.4. The highest BCUT2D eigenvalue weighted by Crippen LogP contribution is 2.15. The lowest BCUT2D eigenvalue weighted by Crippen LogP contribution is -2.19. The lowest BCUT2D eigenvalue weighted by Gasteiger charge is -2.17. The zero-order valence-electron chi connectivity index (χ0n) is 8.86. The van der Waals surface area contributed by atoms with E-state index in [1.807, 2.05) is 24.3 Å². The number of carbonyl (C=O) groups excluding carboxylic acids is 1. The molecule has 3 heteroatoms. The molecule has 1 heterocycles. The first-order valence-corrected chi connectivity index (χ1v) is 6.14. The molecule has 0 radical (unpaired) electrons. The van der Waals surface area contributed by atoms with Gasteiger partial charge in [0, 0.05) is 4.47 Å². The molecule has 2 nitrogen and oxygen atoms in total. The molecule has 1 atom stereocenters. The van der Waals surface area contributed by atoms with Crippen molar-refractivity contribution in [1.29, 1.82) is 0 Å². The second-order valence-corrected chi connectivity index (χ2v) is 4.74. The maximum atomic E-state index is 11.0. The number of esters is 1. The van der Waals surface area contributed by atoms with Crippen LogP contribution in [0.25, 0.3) is 0 Å². The van der Waals surface area contributed by atoms with E-state index in [1.165, 1.54) is 5.56 Å². The number of carbonyl (C=O) groups is 1. The molecule has 0 unspecified atom stereocenters. The number of halogens is 1. The third-order valence-corrected chi connectivity index (χ3v) is 3.08. The third kappa shape index (κ3) is 3.20. The molecule has 2 rings (SSSR count). The fourth-order valence-corrected chi connectivity index (χ4v) is 1.95. The summed E-state index contributed by atoms with van der Waals surface area (Å²) in [6, 6.07) is 8.22. The summed E-state index contributed by atoms with van der Waals surface area (Å²) in [5.74, 6) is -0.122. The number of benzene rings is 1. The van der Waals surface area contributed by atoms with Gasteiger partial charge in [0.25, 0.3) is 0 Å². The normalized spacial score (nSPS) is 19.6. The van der Waals surface area contributed by atoms with E-state index in [0.717, 1.165) is 17.3 Å². The van der Waals surface area contributed by atoms with Gasteiger partial charge in [-0.25, -0.2) is 0 Å². The fourth-order valence-electron chi connectivity index (χ4n) is 1.69. The van der Waals surface area contributed by atoms with E-state index in [1.54, 1.807) is 0 Å². The maximum absolute atomic E-state index is 11.0. The molecule has 0 aliphatic carbocycles. The van der Waals surface area contributed by atoms with Gasteiger partial charge in [-0.2, -0.15) is 0 Å². The Morgan fingerprint density at radius 1 is 1.31 bits per heavy atom. The van der Waals surface area contributed by atoms with E-state index >= 15 is 0 Å². The number of cyclic esters (lactones) is 1. The van der Waals surface area contributed by atoms with Gasteiger partial charge >= 0.3 is 5.97 Å². The number of aryl methyl sites for hydroxylation is 1. The summed E-state index contributed by atoms with van der Waals surface area (Å²) in [7, 11) is 0. The highest BCUT2D eigenvalue weighted by Gasteiger charge is 2.14.